The molecule has 0 unspecified atom stereocenters. The number of hydrogen-bond donors (Lipinski definition) is 1. The number of ether oxygens (including phenoxy) is 2. The van der Waals surface area contributed by atoms with Gasteiger partial charge in [-0.25, -0.2) is 13.6 Å². The normalized spacial score (nSPS) is 24.3. The van der Waals surface area contributed by atoms with Gasteiger partial charge in [0, 0.05) is 25.6 Å². The lowest BCUT2D eigenvalue weighted by Crippen LogP contribution is -2.57. The molecule has 3 aromatic carbocycles. The zero-order valence-corrected chi connectivity index (χ0v) is 28.0. The third-order valence-corrected chi connectivity index (χ3v) is 10.4. The van der Waals surface area contributed by atoms with Crippen LogP contribution in [0.3, 0.4) is 0 Å². The number of carbonyl (C=O) groups excluding carboxylic acids is 4. The number of nitrogens with one attached hydrogen (secondary N) is 1. The summed E-state index contributed by atoms with van der Waals surface area (Å²) in [6, 6.07) is 18.8. The molecular formula is C38H37F2N5O6. The molecule has 1 spiro atoms. The number of fused-ring (bicyclic) bond motifs is 1. The van der Waals surface area contributed by atoms with Gasteiger partial charge in [0.15, 0.2) is 11.6 Å². The molecule has 2 saturated heterocycles. The Morgan fingerprint density at radius 3 is 2.45 bits per heavy atom. The average molecular weight is 698 g/mol. The lowest BCUT2D eigenvalue weighted by molar-refractivity contribution is -0.148. The predicted molar refractivity (Wildman–Crippen MR) is 179 cm³/mol. The van der Waals surface area contributed by atoms with Crippen LogP contribution in [0.2, 0.25) is 0 Å². The molecule has 11 nitrogen and oxygen atoms in total. The lowest BCUT2D eigenvalue weighted by atomic mass is 9.97. The summed E-state index contributed by atoms with van der Waals surface area (Å²) in [5.41, 5.74) is -0.450. The molecule has 264 valence electrons. The monoisotopic (exact) mass is 697 g/mol. The number of hydrogen-bond acceptors (Lipinski definition) is 7. The number of carbonyl (C=O) groups is 4. The van der Waals surface area contributed by atoms with Crippen LogP contribution in [0.5, 0.6) is 5.75 Å². The van der Waals surface area contributed by atoms with Gasteiger partial charge >= 0.3 is 6.09 Å². The summed E-state index contributed by atoms with van der Waals surface area (Å²) in [4.78, 5) is 60.1. The molecule has 4 amide bonds. The third-order valence-electron chi connectivity index (χ3n) is 10.4. The van der Waals surface area contributed by atoms with E-state index in [-0.39, 0.29) is 36.9 Å². The van der Waals surface area contributed by atoms with Crippen LogP contribution in [0.15, 0.2) is 72.8 Å². The van der Waals surface area contributed by atoms with E-state index in [0.29, 0.717) is 25.3 Å². The zero-order valence-electron chi connectivity index (χ0n) is 28.0. The molecule has 1 N–H and O–H groups in total. The largest absolute Gasteiger partial charge is 0.473 e. The van der Waals surface area contributed by atoms with E-state index in [4.69, 9.17) is 9.47 Å². The molecule has 7 rings (SSSR count). The van der Waals surface area contributed by atoms with Crippen molar-refractivity contribution < 1.29 is 37.4 Å². The summed E-state index contributed by atoms with van der Waals surface area (Å²) in [5.74, 6) is -3.76. The van der Waals surface area contributed by atoms with Gasteiger partial charge < -0.3 is 24.6 Å². The number of likely N-dealkylation sites (N-methyl/N-ethyl adjacent to an activating group) is 1. The maximum Gasteiger partial charge on any atom is 0.411 e. The van der Waals surface area contributed by atoms with E-state index in [1.165, 1.54) is 21.7 Å². The molecule has 0 bridgehead atoms. The van der Waals surface area contributed by atoms with Crippen LogP contribution in [0.4, 0.5) is 19.3 Å². The quantitative estimate of drug-likeness (QED) is 0.337. The van der Waals surface area contributed by atoms with Gasteiger partial charge in [-0.05, 0) is 36.3 Å². The third kappa shape index (κ3) is 6.58. The van der Waals surface area contributed by atoms with Crippen LogP contribution in [0.25, 0.3) is 0 Å². The van der Waals surface area contributed by atoms with Gasteiger partial charge in [0.1, 0.15) is 36.2 Å². The molecule has 5 atom stereocenters. The highest BCUT2D eigenvalue weighted by molar-refractivity contribution is 6.02. The number of likely N-dealkylation sites (tertiary alicyclic amines) is 2. The number of rotatable bonds is 8. The van der Waals surface area contributed by atoms with Gasteiger partial charge in [-0.1, -0.05) is 73.5 Å². The van der Waals surface area contributed by atoms with E-state index in [2.05, 4.69) is 11.4 Å². The molecule has 1 aliphatic carbocycles. The molecule has 4 aliphatic rings. The lowest BCUT2D eigenvalue weighted by Gasteiger charge is -2.37. The van der Waals surface area contributed by atoms with Gasteiger partial charge in [-0.3, -0.25) is 19.3 Å². The van der Waals surface area contributed by atoms with E-state index in [0.717, 1.165) is 30.0 Å². The fourth-order valence-electron chi connectivity index (χ4n) is 7.47. The van der Waals surface area contributed by atoms with Gasteiger partial charge in [-0.15, -0.1) is 0 Å². The first-order valence-electron chi connectivity index (χ1n) is 17.1. The van der Waals surface area contributed by atoms with Gasteiger partial charge in [-0.2, -0.15) is 5.26 Å². The highest BCUT2D eigenvalue weighted by atomic mass is 19.1. The number of nitriles is 1. The minimum absolute atomic E-state index is 0.0168. The molecular weight excluding hydrogens is 660 g/mol. The topological polar surface area (TPSA) is 132 Å². The van der Waals surface area contributed by atoms with E-state index < -0.39 is 65.2 Å². The smallest absolute Gasteiger partial charge is 0.411 e. The van der Waals surface area contributed by atoms with E-state index in [9.17, 15) is 33.2 Å². The first-order chi connectivity index (χ1) is 24.6. The number of nitrogens with zero attached hydrogens (tertiary/aromatic N) is 4. The molecule has 0 radical (unpaired) electrons. The predicted octanol–water partition coefficient (Wildman–Crippen LogP) is 5.33. The van der Waals surface area contributed by atoms with E-state index in [1.54, 1.807) is 0 Å². The number of halogens is 2. The van der Waals surface area contributed by atoms with Crippen LogP contribution < -0.4 is 10.1 Å². The summed E-state index contributed by atoms with van der Waals surface area (Å²) in [5, 5.41) is 12.6. The first kappa shape index (κ1) is 34.0. The molecule has 0 aromatic heterocycles. The van der Waals surface area contributed by atoms with Crippen molar-refractivity contribution in [1.29, 1.82) is 5.26 Å². The number of amides is 4. The Morgan fingerprint density at radius 2 is 1.76 bits per heavy atom. The second kappa shape index (κ2) is 13.7. The number of benzene rings is 3. The standard InChI is InChI=1S/C38H37F2N5O6/c1-43(34(46)30-15-14-29(25-10-6-3-7-11-25)45(30)37(49)50-21-24-8-4-2-5-9-24)31(16-23-12-13-23)35(47)44-22-38(19-27(44)20-41)36(48)42-33-28(40)17-26(39)18-32(33)51-38/h2-11,17-18,23,27,29-31H,12-16,19,21-22H2,1H3,(H,42,48)/t27-,29-,30-,31-,38+/m0/s1. The van der Waals surface area contributed by atoms with Crippen LogP contribution in [-0.4, -0.2) is 75.8 Å². The Labute approximate surface area is 293 Å². The molecule has 3 aromatic rings. The van der Waals surface area contributed by atoms with Crippen LogP contribution in [0.1, 0.15) is 55.7 Å². The SMILES string of the molecule is CN(C(=O)[C@@H]1CC[C@@H](c2ccccc2)N1C(=O)OCc1ccccc1)[C@@H](CC1CC1)C(=O)N1C[C@@]2(C[C@H]1C#N)Oc1cc(F)cc(F)c1NC2=O. The summed E-state index contributed by atoms with van der Waals surface area (Å²) in [7, 11) is 1.52. The Hall–Kier alpha value is -5.51. The van der Waals surface area contributed by atoms with Gasteiger partial charge in [0.2, 0.25) is 17.4 Å². The fourth-order valence-corrected chi connectivity index (χ4v) is 7.47. The summed E-state index contributed by atoms with van der Waals surface area (Å²) < 4.78 is 40.2. The Kier molecular flexibility index (Phi) is 9.10. The summed E-state index contributed by atoms with van der Waals surface area (Å²) in [6.07, 6.45) is 2.00. The maximum atomic E-state index is 14.5. The van der Waals surface area contributed by atoms with Crippen molar-refractivity contribution in [2.24, 2.45) is 5.92 Å². The van der Waals surface area contributed by atoms with Crippen LogP contribution in [0, 0.1) is 28.9 Å². The molecule has 13 heteroatoms. The minimum atomic E-state index is -1.77. The van der Waals surface area contributed by atoms with Crippen molar-refractivity contribution in [2.75, 3.05) is 18.9 Å². The van der Waals surface area contributed by atoms with Gasteiger partial charge in [0.05, 0.1) is 18.7 Å². The molecule has 3 heterocycles. The van der Waals surface area contributed by atoms with E-state index >= 15 is 0 Å². The van der Waals surface area contributed by atoms with Crippen LogP contribution >= 0.6 is 0 Å². The highest BCUT2D eigenvalue weighted by Crippen LogP contribution is 2.43. The van der Waals surface area contributed by atoms with Crippen molar-refractivity contribution in [3.8, 4) is 11.8 Å². The number of anilines is 1. The minimum Gasteiger partial charge on any atom is -0.473 e. The average Bonchev–Trinajstić information content (AvgIpc) is 3.72. The van der Waals surface area contributed by atoms with Crippen LogP contribution in [-0.2, 0) is 25.7 Å². The van der Waals surface area contributed by atoms with Crippen molar-refractivity contribution >= 4 is 29.5 Å². The van der Waals surface area contributed by atoms with Crippen molar-refractivity contribution in [3.63, 3.8) is 0 Å². The highest BCUT2D eigenvalue weighted by Gasteiger charge is 2.57. The van der Waals surface area contributed by atoms with Gasteiger partial charge in [0.25, 0.3) is 5.91 Å². The Morgan fingerprint density at radius 1 is 1.06 bits per heavy atom. The van der Waals surface area contributed by atoms with E-state index in [1.807, 2.05) is 60.7 Å². The first-order valence-corrected chi connectivity index (χ1v) is 17.1. The zero-order chi connectivity index (χ0) is 35.9. The Balaban J connectivity index is 1.14. The molecule has 3 aliphatic heterocycles. The second-order valence-corrected chi connectivity index (χ2v) is 13.7. The molecule has 51 heavy (non-hydrogen) atoms. The maximum absolute atomic E-state index is 14.5. The van der Waals surface area contributed by atoms with Crippen molar-refractivity contribution in [1.82, 2.24) is 14.7 Å². The van der Waals surface area contributed by atoms with Crippen molar-refractivity contribution in [3.05, 3.63) is 95.6 Å². The fraction of sp³-hybridized carbons (Fsp3) is 0.395. The molecule has 3 fully saturated rings. The second-order valence-electron chi connectivity index (χ2n) is 13.7. The summed E-state index contributed by atoms with van der Waals surface area (Å²) in [6.45, 7) is -0.350. The summed E-state index contributed by atoms with van der Waals surface area (Å²) >= 11 is 0. The molecule has 1 saturated carbocycles. The Bertz CT molecular complexity index is 1890. The van der Waals surface area contributed by atoms with Crippen molar-refractivity contribution in [2.45, 2.75) is 74.9 Å².